The van der Waals surface area contributed by atoms with Crippen molar-refractivity contribution in [2.75, 3.05) is 5.32 Å². The Labute approximate surface area is 126 Å². The van der Waals surface area contributed by atoms with E-state index >= 15 is 0 Å². The average molecular weight is 281 g/mol. The zero-order valence-electron chi connectivity index (χ0n) is 12.9. The Balaban J connectivity index is 2.00. The number of nitrogens with one attached hydrogen (secondary N) is 1. The van der Waals surface area contributed by atoms with Crippen molar-refractivity contribution in [2.45, 2.75) is 33.2 Å². The van der Waals surface area contributed by atoms with Crippen molar-refractivity contribution in [1.29, 1.82) is 0 Å². The van der Waals surface area contributed by atoms with Crippen LogP contribution in [0.1, 0.15) is 36.5 Å². The monoisotopic (exact) mass is 281 g/mol. The second kappa shape index (κ2) is 6.93. The first kappa shape index (κ1) is 15.1. The highest BCUT2D eigenvalue weighted by Crippen LogP contribution is 2.18. The lowest BCUT2D eigenvalue weighted by Crippen LogP contribution is -2.22. The van der Waals surface area contributed by atoms with Crippen molar-refractivity contribution >= 4 is 11.6 Å². The molecule has 2 rings (SSSR count). The Morgan fingerprint density at radius 2 is 1.86 bits per heavy atom. The molecule has 0 spiro atoms. The molecule has 110 valence electrons. The van der Waals surface area contributed by atoms with Gasteiger partial charge in [-0.05, 0) is 36.1 Å². The van der Waals surface area contributed by atoms with Crippen LogP contribution in [-0.2, 0) is 6.54 Å². The molecule has 0 aliphatic carbocycles. The lowest BCUT2D eigenvalue weighted by Gasteiger charge is -2.10. The molecule has 0 saturated carbocycles. The van der Waals surface area contributed by atoms with Crippen molar-refractivity contribution in [1.82, 2.24) is 0 Å². The Hall–Kier alpha value is -2.29. The summed E-state index contributed by atoms with van der Waals surface area (Å²) in [5.74, 6) is 0.939. The highest BCUT2D eigenvalue weighted by atomic mass is 15.1. The van der Waals surface area contributed by atoms with Crippen LogP contribution >= 0.6 is 0 Å². The van der Waals surface area contributed by atoms with Gasteiger partial charge in [0.05, 0.1) is 6.54 Å². The smallest absolute Gasteiger partial charge is 0.193 e. The Morgan fingerprint density at radius 1 is 1.14 bits per heavy atom. The molecular formula is C18H23N3. The number of aryl methyl sites for hydroxylation is 1. The lowest BCUT2D eigenvalue weighted by molar-refractivity contribution is 0.867. The fourth-order valence-corrected chi connectivity index (χ4v) is 2.03. The fraction of sp³-hybridized carbons (Fsp3) is 0.278. The molecule has 0 aliphatic heterocycles. The van der Waals surface area contributed by atoms with Gasteiger partial charge in [-0.1, -0.05) is 55.8 Å². The summed E-state index contributed by atoms with van der Waals surface area (Å²) in [6.45, 7) is 7.01. The van der Waals surface area contributed by atoms with E-state index in [2.05, 4.69) is 67.5 Å². The van der Waals surface area contributed by atoms with Crippen LogP contribution in [0, 0.1) is 6.92 Å². The number of hydrogen-bond donors (Lipinski definition) is 2. The molecule has 2 aromatic carbocycles. The van der Waals surface area contributed by atoms with Gasteiger partial charge in [0.15, 0.2) is 5.96 Å². The van der Waals surface area contributed by atoms with Crippen LogP contribution in [0.25, 0.3) is 0 Å². The standard InChI is InChI=1S/C18H23N3/c1-13(2)16-5-4-6-17(11-16)21-18(19)20-12-15-9-7-14(3)8-10-15/h4-11,13H,12H2,1-3H3,(H3,19,20,21). The van der Waals surface area contributed by atoms with Gasteiger partial charge in [-0.2, -0.15) is 0 Å². The molecule has 0 aliphatic rings. The van der Waals surface area contributed by atoms with E-state index in [0.29, 0.717) is 18.4 Å². The van der Waals surface area contributed by atoms with Gasteiger partial charge in [0, 0.05) is 5.69 Å². The summed E-state index contributed by atoms with van der Waals surface area (Å²) >= 11 is 0. The summed E-state index contributed by atoms with van der Waals surface area (Å²) in [6.07, 6.45) is 0. The third kappa shape index (κ3) is 4.63. The third-order valence-electron chi connectivity index (χ3n) is 3.38. The zero-order chi connectivity index (χ0) is 15.2. The summed E-state index contributed by atoms with van der Waals surface area (Å²) in [6, 6.07) is 16.6. The quantitative estimate of drug-likeness (QED) is 0.656. The van der Waals surface area contributed by atoms with Crippen LogP contribution in [0.15, 0.2) is 53.5 Å². The van der Waals surface area contributed by atoms with Crippen LogP contribution in [0.3, 0.4) is 0 Å². The summed E-state index contributed by atoms with van der Waals surface area (Å²) in [5.41, 5.74) is 10.6. The van der Waals surface area contributed by atoms with E-state index in [1.54, 1.807) is 0 Å². The second-order valence-electron chi connectivity index (χ2n) is 5.59. The molecular weight excluding hydrogens is 258 g/mol. The van der Waals surface area contributed by atoms with E-state index < -0.39 is 0 Å². The minimum Gasteiger partial charge on any atom is -0.370 e. The van der Waals surface area contributed by atoms with Gasteiger partial charge in [0.2, 0.25) is 0 Å². The summed E-state index contributed by atoms with van der Waals surface area (Å²) in [7, 11) is 0. The van der Waals surface area contributed by atoms with Crippen LogP contribution in [0.5, 0.6) is 0 Å². The molecule has 0 fully saturated rings. The largest absolute Gasteiger partial charge is 0.370 e. The number of hydrogen-bond acceptors (Lipinski definition) is 1. The number of aliphatic imine (C=N–C) groups is 1. The molecule has 0 heterocycles. The molecule has 0 aromatic heterocycles. The maximum atomic E-state index is 5.95. The molecule has 0 bridgehead atoms. The van der Waals surface area contributed by atoms with Crippen LogP contribution < -0.4 is 11.1 Å². The zero-order valence-corrected chi connectivity index (χ0v) is 12.9. The molecule has 21 heavy (non-hydrogen) atoms. The minimum absolute atomic E-state index is 0.441. The van der Waals surface area contributed by atoms with Gasteiger partial charge in [-0.15, -0.1) is 0 Å². The Morgan fingerprint density at radius 3 is 2.52 bits per heavy atom. The first-order valence-corrected chi connectivity index (χ1v) is 7.27. The molecule has 0 amide bonds. The number of benzene rings is 2. The maximum absolute atomic E-state index is 5.95. The van der Waals surface area contributed by atoms with Crippen molar-refractivity contribution in [3.05, 3.63) is 65.2 Å². The Bertz CT molecular complexity index is 613. The fourth-order valence-electron chi connectivity index (χ4n) is 2.03. The van der Waals surface area contributed by atoms with Crippen molar-refractivity contribution < 1.29 is 0 Å². The van der Waals surface area contributed by atoms with Gasteiger partial charge in [-0.25, -0.2) is 4.99 Å². The van der Waals surface area contributed by atoms with Gasteiger partial charge < -0.3 is 11.1 Å². The topological polar surface area (TPSA) is 50.4 Å². The number of anilines is 1. The first-order valence-electron chi connectivity index (χ1n) is 7.27. The molecule has 0 saturated heterocycles. The molecule has 3 nitrogen and oxygen atoms in total. The summed E-state index contributed by atoms with van der Waals surface area (Å²) < 4.78 is 0. The van der Waals surface area contributed by atoms with Gasteiger partial charge in [0.1, 0.15) is 0 Å². The number of rotatable bonds is 4. The van der Waals surface area contributed by atoms with Crippen LogP contribution in [0.2, 0.25) is 0 Å². The predicted molar refractivity (Wildman–Crippen MR) is 90.7 cm³/mol. The molecule has 0 radical (unpaired) electrons. The predicted octanol–water partition coefficient (Wildman–Crippen LogP) is 4.05. The van der Waals surface area contributed by atoms with E-state index in [1.807, 2.05) is 12.1 Å². The van der Waals surface area contributed by atoms with Crippen molar-refractivity contribution in [3.8, 4) is 0 Å². The van der Waals surface area contributed by atoms with E-state index in [0.717, 1.165) is 11.3 Å². The SMILES string of the molecule is Cc1ccc(CN=C(N)Nc2cccc(C(C)C)c2)cc1. The third-order valence-corrected chi connectivity index (χ3v) is 3.38. The van der Waals surface area contributed by atoms with E-state index in [-0.39, 0.29) is 0 Å². The van der Waals surface area contributed by atoms with Crippen molar-refractivity contribution in [2.24, 2.45) is 10.7 Å². The highest BCUT2D eigenvalue weighted by molar-refractivity contribution is 5.92. The van der Waals surface area contributed by atoms with Gasteiger partial charge in [0.25, 0.3) is 0 Å². The highest BCUT2D eigenvalue weighted by Gasteiger charge is 2.01. The minimum atomic E-state index is 0.441. The second-order valence-corrected chi connectivity index (χ2v) is 5.59. The molecule has 3 N–H and O–H groups in total. The van der Waals surface area contributed by atoms with Gasteiger partial charge >= 0.3 is 0 Å². The van der Waals surface area contributed by atoms with Crippen LogP contribution in [-0.4, -0.2) is 5.96 Å². The number of nitrogens with zero attached hydrogens (tertiary/aromatic N) is 1. The molecule has 0 atom stereocenters. The number of guanidine groups is 1. The van der Waals surface area contributed by atoms with E-state index in [1.165, 1.54) is 11.1 Å². The van der Waals surface area contributed by atoms with Gasteiger partial charge in [-0.3, -0.25) is 0 Å². The van der Waals surface area contributed by atoms with E-state index in [9.17, 15) is 0 Å². The van der Waals surface area contributed by atoms with Crippen molar-refractivity contribution in [3.63, 3.8) is 0 Å². The summed E-state index contributed by atoms with van der Waals surface area (Å²) in [4.78, 5) is 4.38. The molecule has 0 unspecified atom stereocenters. The average Bonchev–Trinajstić information content (AvgIpc) is 2.47. The summed E-state index contributed by atoms with van der Waals surface area (Å²) in [5, 5.41) is 3.15. The first-order chi connectivity index (χ1) is 10.0. The van der Waals surface area contributed by atoms with E-state index in [4.69, 9.17) is 5.73 Å². The maximum Gasteiger partial charge on any atom is 0.193 e. The number of nitrogens with two attached hydrogens (primary N) is 1. The molecule has 2 aromatic rings. The Kier molecular flexibility index (Phi) is 4.99. The normalized spacial score (nSPS) is 11.7. The van der Waals surface area contributed by atoms with Crippen LogP contribution in [0.4, 0.5) is 5.69 Å². The molecule has 3 heteroatoms. The lowest BCUT2D eigenvalue weighted by atomic mass is 10.0.